The van der Waals surface area contributed by atoms with Crippen LogP contribution in [0.5, 0.6) is 0 Å². The van der Waals surface area contributed by atoms with E-state index in [4.69, 9.17) is 0 Å². The van der Waals surface area contributed by atoms with Crippen LogP contribution < -0.4 is 0 Å². The lowest BCUT2D eigenvalue weighted by atomic mass is 10.2. The second kappa shape index (κ2) is 4.74. The number of aryl methyl sites for hydroxylation is 3. The molecule has 3 aromatic rings. The van der Waals surface area contributed by atoms with Crippen molar-refractivity contribution in [1.82, 2.24) is 3.97 Å². The Morgan fingerprint density at radius 3 is 2.10 bits per heavy atom. The Hall–Kier alpha value is -2.07. The molecule has 0 radical (unpaired) electrons. The molecule has 0 aliphatic heterocycles. The summed E-state index contributed by atoms with van der Waals surface area (Å²) in [6.07, 6.45) is 0. The van der Waals surface area contributed by atoms with Crippen LogP contribution in [-0.2, 0) is 10.0 Å². The molecule has 0 unspecified atom stereocenters. The van der Waals surface area contributed by atoms with Crippen LogP contribution in [0.3, 0.4) is 0 Å². The first-order valence-electron chi connectivity index (χ1n) is 6.80. The minimum atomic E-state index is -3.57. The average Bonchev–Trinajstić information content (AvgIpc) is 2.75. The lowest BCUT2D eigenvalue weighted by Crippen LogP contribution is -2.14. The topological polar surface area (TPSA) is 39.1 Å². The number of nitrogens with zero attached hydrogens (tertiary/aromatic N) is 1. The van der Waals surface area contributed by atoms with Crippen molar-refractivity contribution < 1.29 is 8.42 Å². The van der Waals surface area contributed by atoms with Gasteiger partial charge >= 0.3 is 0 Å². The smallest absolute Gasteiger partial charge is 0.238 e. The van der Waals surface area contributed by atoms with E-state index in [1.165, 1.54) is 3.97 Å². The lowest BCUT2D eigenvalue weighted by molar-refractivity contribution is 0.588. The van der Waals surface area contributed by atoms with Gasteiger partial charge < -0.3 is 0 Å². The molecule has 2 aromatic carbocycles. The Balaban J connectivity index is 2.30. The quantitative estimate of drug-likeness (QED) is 0.722. The van der Waals surface area contributed by atoms with Crippen LogP contribution in [-0.4, -0.2) is 12.4 Å². The Morgan fingerprint density at radius 2 is 1.43 bits per heavy atom. The van der Waals surface area contributed by atoms with E-state index < -0.39 is 10.0 Å². The predicted molar refractivity (Wildman–Crippen MR) is 85.2 cm³/mol. The highest BCUT2D eigenvalue weighted by Crippen LogP contribution is 2.26. The van der Waals surface area contributed by atoms with Crippen molar-refractivity contribution >= 4 is 20.9 Å². The first-order chi connectivity index (χ1) is 9.89. The molecule has 0 atom stereocenters. The number of rotatable bonds is 2. The molecule has 4 heteroatoms. The standard InChI is InChI=1S/C17H17NO2S/c1-12-5-8-16(9-6-12)21(19,20)18-14(3)11-15-7-4-13(2)10-17(15)18/h4-11H,1-3H3. The van der Waals surface area contributed by atoms with Crippen LogP contribution in [0.1, 0.15) is 16.8 Å². The summed E-state index contributed by atoms with van der Waals surface area (Å²) < 4.78 is 27.3. The monoisotopic (exact) mass is 299 g/mol. The fourth-order valence-corrected chi connectivity index (χ4v) is 4.10. The molecule has 0 fully saturated rings. The lowest BCUT2D eigenvalue weighted by Gasteiger charge is -2.10. The molecule has 0 bridgehead atoms. The van der Waals surface area contributed by atoms with Crippen LogP contribution in [0.15, 0.2) is 53.4 Å². The average molecular weight is 299 g/mol. The maximum atomic E-state index is 12.9. The molecule has 0 amide bonds. The third-order valence-corrected chi connectivity index (χ3v) is 5.48. The van der Waals surface area contributed by atoms with E-state index in [0.29, 0.717) is 4.90 Å². The summed E-state index contributed by atoms with van der Waals surface area (Å²) in [5.74, 6) is 0. The molecule has 108 valence electrons. The summed E-state index contributed by atoms with van der Waals surface area (Å²) in [7, 11) is -3.57. The molecule has 1 heterocycles. The molecule has 21 heavy (non-hydrogen) atoms. The first kappa shape index (κ1) is 13.9. The summed E-state index contributed by atoms with van der Waals surface area (Å²) in [5.41, 5.74) is 3.53. The Bertz CT molecular complexity index is 919. The molecule has 0 aliphatic carbocycles. The van der Waals surface area contributed by atoms with Crippen molar-refractivity contribution in [3.63, 3.8) is 0 Å². The molecule has 0 N–H and O–H groups in total. The largest absolute Gasteiger partial charge is 0.268 e. The second-order valence-electron chi connectivity index (χ2n) is 5.43. The number of aromatic nitrogens is 1. The van der Waals surface area contributed by atoms with Gasteiger partial charge in [0.1, 0.15) is 0 Å². The molecule has 3 nitrogen and oxygen atoms in total. The van der Waals surface area contributed by atoms with E-state index in [2.05, 4.69) is 0 Å². The predicted octanol–water partition coefficient (Wildman–Crippen LogP) is 3.80. The van der Waals surface area contributed by atoms with Crippen LogP contribution in [0, 0.1) is 20.8 Å². The maximum absolute atomic E-state index is 12.9. The first-order valence-corrected chi connectivity index (χ1v) is 8.24. The van der Waals surface area contributed by atoms with Gasteiger partial charge in [-0.25, -0.2) is 12.4 Å². The zero-order valence-corrected chi connectivity index (χ0v) is 13.1. The van der Waals surface area contributed by atoms with Crippen molar-refractivity contribution in [3.05, 3.63) is 65.4 Å². The highest BCUT2D eigenvalue weighted by molar-refractivity contribution is 7.90. The number of hydrogen-bond acceptors (Lipinski definition) is 2. The Labute approximate surface area is 124 Å². The van der Waals surface area contributed by atoms with Gasteiger partial charge in [-0.15, -0.1) is 0 Å². The normalized spacial score (nSPS) is 12.0. The molecular weight excluding hydrogens is 282 g/mol. The van der Waals surface area contributed by atoms with Gasteiger partial charge in [0.2, 0.25) is 0 Å². The third-order valence-electron chi connectivity index (χ3n) is 3.65. The van der Waals surface area contributed by atoms with E-state index in [-0.39, 0.29) is 0 Å². The van der Waals surface area contributed by atoms with E-state index in [0.717, 1.165) is 27.7 Å². The number of benzene rings is 2. The van der Waals surface area contributed by atoms with Gasteiger partial charge in [0, 0.05) is 11.1 Å². The minimum Gasteiger partial charge on any atom is -0.238 e. The summed E-state index contributed by atoms with van der Waals surface area (Å²) >= 11 is 0. The van der Waals surface area contributed by atoms with Gasteiger partial charge in [-0.2, -0.15) is 0 Å². The van der Waals surface area contributed by atoms with Gasteiger partial charge in [-0.1, -0.05) is 29.8 Å². The van der Waals surface area contributed by atoms with Crippen molar-refractivity contribution in [2.45, 2.75) is 25.7 Å². The van der Waals surface area contributed by atoms with Crippen molar-refractivity contribution in [1.29, 1.82) is 0 Å². The van der Waals surface area contributed by atoms with E-state index >= 15 is 0 Å². The highest BCUT2D eigenvalue weighted by Gasteiger charge is 2.21. The molecule has 0 saturated carbocycles. The van der Waals surface area contributed by atoms with E-state index in [1.807, 2.05) is 57.2 Å². The third kappa shape index (κ3) is 2.25. The highest BCUT2D eigenvalue weighted by atomic mass is 32.2. The van der Waals surface area contributed by atoms with Crippen LogP contribution in [0.25, 0.3) is 10.9 Å². The van der Waals surface area contributed by atoms with Gasteiger partial charge in [0.15, 0.2) is 0 Å². The van der Waals surface area contributed by atoms with E-state index in [9.17, 15) is 8.42 Å². The number of hydrogen-bond donors (Lipinski definition) is 0. The summed E-state index contributed by atoms with van der Waals surface area (Å²) in [5, 5.41) is 0.939. The van der Waals surface area contributed by atoms with Crippen molar-refractivity contribution in [2.24, 2.45) is 0 Å². The van der Waals surface area contributed by atoms with Gasteiger partial charge in [-0.3, -0.25) is 0 Å². The molecule has 1 aromatic heterocycles. The SMILES string of the molecule is Cc1ccc(S(=O)(=O)n2c(C)cc3ccc(C)cc32)cc1. The van der Waals surface area contributed by atoms with Gasteiger partial charge in [0.25, 0.3) is 10.0 Å². The fraction of sp³-hybridized carbons (Fsp3) is 0.176. The summed E-state index contributed by atoms with van der Waals surface area (Å²) in [4.78, 5) is 0.315. The summed E-state index contributed by atoms with van der Waals surface area (Å²) in [6.45, 7) is 5.72. The van der Waals surface area contributed by atoms with E-state index in [1.54, 1.807) is 12.1 Å². The van der Waals surface area contributed by atoms with Crippen molar-refractivity contribution in [2.75, 3.05) is 0 Å². The minimum absolute atomic E-state index is 0.315. The van der Waals surface area contributed by atoms with Crippen LogP contribution >= 0.6 is 0 Å². The summed E-state index contributed by atoms with van der Waals surface area (Å²) in [6, 6.07) is 14.7. The molecule has 0 aliphatic rings. The van der Waals surface area contributed by atoms with Crippen molar-refractivity contribution in [3.8, 4) is 0 Å². The van der Waals surface area contributed by atoms with Gasteiger partial charge in [-0.05, 0) is 50.6 Å². The molecular formula is C17H17NO2S. The Morgan fingerprint density at radius 1 is 0.810 bits per heavy atom. The number of fused-ring (bicyclic) bond motifs is 1. The van der Waals surface area contributed by atoms with Crippen LogP contribution in [0.2, 0.25) is 0 Å². The molecule has 3 rings (SSSR count). The second-order valence-corrected chi connectivity index (χ2v) is 7.22. The fourth-order valence-electron chi connectivity index (χ4n) is 2.56. The zero-order chi connectivity index (χ0) is 15.2. The molecule has 0 spiro atoms. The Kier molecular flexibility index (Phi) is 3.14. The van der Waals surface area contributed by atoms with Crippen LogP contribution in [0.4, 0.5) is 0 Å². The maximum Gasteiger partial charge on any atom is 0.268 e. The molecule has 0 saturated heterocycles. The zero-order valence-electron chi connectivity index (χ0n) is 12.3. The van der Waals surface area contributed by atoms with Gasteiger partial charge in [0.05, 0.1) is 10.4 Å².